The molecule has 4 rings (SSSR count). The van der Waals surface area contributed by atoms with Crippen LogP contribution in [0, 0.1) is 12.7 Å². The maximum Gasteiger partial charge on any atom is 0.416 e. The van der Waals surface area contributed by atoms with Crippen LogP contribution in [0.5, 0.6) is 0 Å². The summed E-state index contributed by atoms with van der Waals surface area (Å²) in [5.74, 6) is -1.32. The zero-order valence-electron chi connectivity index (χ0n) is 24.2. The second kappa shape index (κ2) is 15.9. The van der Waals surface area contributed by atoms with Gasteiger partial charge in [-0.3, -0.25) is 14.6 Å². The molecule has 0 N–H and O–H groups in total. The van der Waals surface area contributed by atoms with Crippen LogP contribution < -0.4 is 0 Å². The Hall–Kier alpha value is -2.16. The quantitative estimate of drug-likeness (QED) is 0.334. The van der Waals surface area contributed by atoms with Crippen molar-refractivity contribution in [3.8, 4) is 0 Å². The van der Waals surface area contributed by atoms with E-state index in [-0.39, 0.29) is 49.9 Å². The first-order valence-corrected chi connectivity index (χ1v) is 13.7. The highest BCUT2D eigenvalue weighted by molar-refractivity contribution is 5.95. The minimum atomic E-state index is -5.07. The Bertz CT molecular complexity index is 1220. The highest BCUT2D eigenvalue weighted by atomic mass is 35.5. The third-order valence-corrected chi connectivity index (χ3v) is 7.66. The molecule has 2 atom stereocenters. The van der Waals surface area contributed by atoms with Gasteiger partial charge in [-0.1, -0.05) is 12.1 Å². The molecule has 2 aliphatic rings. The molecule has 1 amide bonds. The molecule has 2 fully saturated rings. The van der Waals surface area contributed by atoms with E-state index in [0.29, 0.717) is 69.2 Å². The molecule has 0 aromatic heterocycles. The second-order valence-corrected chi connectivity index (χ2v) is 10.8. The van der Waals surface area contributed by atoms with Gasteiger partial charge in [0.2, 0.25) is 0 Å². The first-order chi connectivity index (χ1) is 19.7. The Kier molecular flexibility index (Phi) is 13.7. The fourth-order valence-corrected chi connectivity index (χ4v) is 5.47. The molecule has 0 spiro atoms. The number of halogens is 9. The summed E-state index contributed by atoms with van der Waals surface area (Å²) in [6.45, 7) is 6.27. The number of hydrogen-bond acceptors (Lipinski definition) is 5. The number of carbonyl (C=O) groups is 1. The molecule has 2 aromatic carbocycles. The van der Waals surface area contributed by atoms with E-state index in [4.69, 9.17) is 9.47 Å². The summed E-state index contributed by atoms with van der Waals surface area (Å²) in [5.41, 5.74) is -2.66. The third-order valence-electron chi connectivity index (χ3n) is 7.66. The van der Waals surface area contributed by atoms with Crippen molar-refractivity contribution in [2.45, 2.75) is 37.8 Å². The van der Waals surface area contributed by atoms with Crippen molar-refractivity contribution < 1.29 is 45.0 Å². The van der Waals surface area contributed by atoms with Gasteiger partial charge in [0.15, 0.2) is 0 Å². The van der Waals surface area contributed by atoms with Crippen molar-refractivity contribution in [3.05, 3.63) is 70.0 Å². The van der Waals surface area contributed by atoms with E-state index in [1.165, 1.54) is 11.0 Å². The number of piperazine rings is 1. The number of aryl methyl sites for hydroxylation is 1. The predicted octanol–water partition coefficient (Wildman–Crippen LogP) is 5.73. The van der Waals surface area contributed by atoms with Gasteiger partial charge in [0.25, 0.3) is 5.91 Å². The Morgan fingerprint density at radius 2 is 1.52 bits per heavy atom. The fourth-order valence-electron chi connectivity index (χ4n) is 5.47. The van der Waals surface area contributed by atoms with Crippen molar-refractivity contribution >= 4 is 30.7 Å². The number of benzene rings is 2. The molecule has 2 heterocycles. The van der Waals surface area contributed by atoms with E-state index in [9.17, 15) is 35.5 Å². The van der Waals surface area contributed by atoms with Crippen LogP contribution in [0.2, 0.25) is 0 Å². The van der Waals surface area contributed by atoms with Crippen molar-refractivity contribution in [1.82, 2.24) is 14.7 Å². The molecule has 6 nitrogen and oxygen atoms in total. The number of rotatable bonds is 8. The lowest BCUT2D eigenvalue weighted by Crippen LogP contribution is -2.57. The Morgan fingerprint density at radius 1 is 0.909 bits per heavy atom. The summed E-state index contributed by atoms with van der Waals surface area (Å²) < 4.78 is 106. The van der Waals surface area contributed by atoms with E-state index in [2.05, 4.69) is 9.80 Å². The maximum absolute atomic E-state index is 13.9. The lowest BCUT2D eigenvalue weighted by molar-refractivity contribution is -0.143. The van der Waals surface area contributed by atoms with E-state index >= 15 is 0 Å². The molecule has 248 valence electrons. The van der Waals surface area contributed by atoms with E-state index in [1.54, 1.807) is 26.2 Å². The summed E-state index contributed by atoms with van der Waals surface area (Å²) in [6.07, 6.45) is -9.92. The summed E-state index contributed by atoms with van der Waals surface area (Å²) in [7, 11) is 1.61. The highest BCUT2D eigenvalue weighted by Gasteiger charge is 2.39. The molecule has 2 saturated heterocycles. The van der Waals surface area contributed by atoms with Crippen molar-refractivity contribution in [2.24, 2.45) is 0 Å². The number of methoxy groups -OCH3 is 1. The van der Waals surface area contributed by atoms with E-state index in [0.717, 1.165) is 6.54 Å². The average Bonchev–Trinajstić information content (AvgIpc) is 2.93. The van der Waals surface area contributed by atoms with E-state index < -0.39 is 46.8 Å². The summed E-state index contributed by atoms with van der Waals surface area (Å²) in [4.78, 5) is 19.3. The number of morpholine rings is 1. The van der Waals surface area contributed by atoms with Crippen LogP contribution >= 0.6 is 24.8 Å². The molecule has 2 aliphatic heterocycles. The van der Waals surface area contributed by atoms with Gasteiger partial charge in [-0.05, 0) is 48.7 Å². The van der Waals surface area contributed by atoms with Gasteiger partial charge in [-0.2, -0.15) is 26.3 Å². The van der Waals surface area contributed by atoms with Gasteiger partial charge in [0.05, 0.1) is 30.4 Å². The minimum absolute atomic E-state index is 0. The molecular formula is C29H36Cl2F7N3O3. The zero-order chi connectivity index (χ0) is 30.7. The molecule has 0 bridgehead atoms. The smallest absolute Gasteiger partial charge is 0.382 e. The topological polar surface area (TPSA) is 45.2 Å². The molecule has 0 aliphatic carbocycles. The SMILES string of the molecule is COC[C@@H]1CN(CCN2CCN(C(=O)c3cc(C(F)(F)F)cc(C(F)(F)F)c3)[C@H](Cc3ccc(F)c(C)c3)C2)CCO1.Cl.Cl. The number of alkyl halides is 6. The first kappa shape index (κ1) is 38.0. The van der Waals surface area contributed by atoms with Crippen LogP contribution in [0.15, 0.2) is 36.4 Å². The summed E-state index contributed by atoms with van der Waals surface area (Å²) in [5, 5.41) is 0. The molecule has 44 heavy (non-hydrogen) atoms. The van der Waals surface area contributed by atoms with Crippen LogP contribution in [-0.2, 0) is 28.2 Å². The molecular weight excluding hydrogens is 642 g/mol. The number of hydrogen-bond donors (Lipinski definition) is 0. The second-order valence-electron chi connectivity index (χ2n) is 10.8. The molecule has 0 unspecified atom stereocenters. The van der Waals surface area contributed by atoms with Crippen LogP contribution in [0.25, 0.3) is 0 Å². The lowest BCUT2D eigenvalue weighted by Gasteiger charge is -2.43. The Balaban J connectivity index is 0.00000337. The van der Waals surface area contributed by atoms with Crippen LogP contribution in [0.4, 0.5) is 30.7 Å². The van der Waals surface area contributed by atoms with Crippen LogP contribution in [-0.4, -0.2) is 98.9 Å². The number of ether oxygens (including phenoxy) is 2. The van der Waals surface area contributed by atoms with E-state index in [1.807, 2.05) is 0 Å². The van der Waals surface area contributed by atoms with Crippen molar-refractivity contribution in [1.29, 1.82) is 0 Å². The van der Waals surface area contributed by atoms with Gasteiger partial charge < -0.3 is 14.4 Å². The van der Waals surface area contributed by atoms with Crippen molar-refractivity contribution in [3.63, 3.8) is 0 Å². The first-order valence-electron chi connectivity index (χ1n) is 13.7. The lowest BCUT2D eigenvalue weighted by atomic mass is 9.98. The average molecular weight is 679 g/mol. The molecule has 0 saturated carbocycles. The standard InChI is InChI=1S/C29H34F7N3O3.2ClH/c1-19-11-20(3-4-26(19)30)12-24-16-37(5-6-38-9-10-42-25(17-38)18-41-2)7-8-39(24)27(40)21-13-22(28(31,32)33)15-23(14-21)29(34,35)36;;/h3-4,11,13-15,24-25H,5-10,12,16-18H2,1-2H3;2*1H/t24-,25+;;/m1../s1. The molecule has 2 aromatic rings. The molecule has 15 heteroatoms. The van der Waals surface area contributed by atoms with Gasteiger partial charge in [0, 0.05) is 64.5 Å². The van der Waals surface area contributed by atoms with Gasteiger partial charge in [0.1, 0.15) is 5.82 Å². The summed E-state index contributed by atoms with van der Waals surface area (Å²) in [6, 6.07) is 4.89. The maximum atomic E-state index is 13.9. The van der Waals surface area contributed by atoms with Crippen LogP contribution in [0.1, 0.15) is 32.6 Å². The number of nitrogens with zero attached hydrogens (tertiary/aromatic N) is 3. The minimum Gasteiger partial charge on any atom is -0.382 e. The Morgan fingerprint density at radius 3 is 2.09 bits per heavy atom. The van der Waals surface area contributed by atoms with Gasteiger partial charge in [-0.25, -0.2) is 4.39 Å². The highest BCUT2D eigenvalue weighted by Crippen LogP contribution is 2.37. The predicted molar refractivity (Wildman–Crippen MR) is 155 cm³/mol. The Labute approximate surface area is 264 Å². The zero-order valence-corrected chi connectivity index (χ0v) is 25.9. The largest absolute Gasteiger partial charge is 0.416 e. The third kappa shape index (κ3) is 9.92. The normalized spacial score (nSPS) is 20.2. The molecule has 0 radical (unpaired) electrons. The fraction of sp³-hybridized carbons (Fsp3) is 0.552. The number of carbonyl (C=O) groups excluding carboxylic acids is 1. The van der Waals surface area contributed by atoms with Crippen LogP contribution in [0.3, 0.4) is 0 Å². The number of amides is 1. The van der Waals surface area contributed by atoms with Crippen molar-refractivity contribution in [2.75, 3.05) is 66.1 Å². The van der Waals surface area contributed by atoms with Gasteiger partial charge in [-0.15, -0.1) is 24.8 Å². The summed E-state index contributed by atoms with van der Waals surface area (Å²) >= 11 is 0. The van der Waals surface area contributed by atoms with Gasteiger partial charge >= 0.3 is 12.4 Å². The monoisotopic (exact) mass is 677 g/mol.